The predicted molar refractivity (Wildman–Crippen MR) is 54.3 cm³/mol. The molecule has 0 aromatic rings. The summed E-state index contributed by atoms with van der Waals surface area (Å²) in [6.07, 6.45) is 0. The molecule has 0 aromatic carbocycles. The molecule has 0 atom stereocenters. The maximum absolute atomic E-state index is 10.8. The Morgan fingerprint density at radius 3 is 2.00 bits per heavy atom. The minimum absolute atomic E-state index is 0. The molecule has 0 unspecified atom stereocenters. The first kappa shape index (κ1) is 17.2. The molecule has 0 aliphatic carbocycles. The first-order chi connectivity index (χ1) is 5.54. The Labute approximate surface area is 129 Å². The van der Waals surface area contributed by atoms with Crippen molar-refractivity contribution in [3.63, 3.8) is 0 Å². The van der Waals surface area contributed by atoms with Crippen LogP contribution in [0.3, 0.4) is 0 Å². The largest absolute Gasteiger partial charge is 1.00 e. The molecule has 13 heavy (non-hydrogen) atoms. The maximum atomic E-state index is 10.8. The van der Waals surface area contributed by atoms with E-state index < -0.39 is 7.71 Å². The molecule has 0 amide bonds. The van der Waals surface area contributed by atoms with Crippen molar-refractivity contribution in [3.05, 3.63) is 0 Å². The summed E-state index contributed by atoms with van der Waals surface area (Å²) in [7, 11) is -2.25. The van der Waals surface area contributed by atoms with E-state index in [4.69, 9.17) is 8.85 Å². The monoisotopic (exact) mass is 248 g/mol. The molecular weight excluding hydrogens is 231 g/mol. The summed E-state index contributed by atoms with van der Waals surface area (Å²) in [6.45, 7) is 8.45. The third kappa shape index (κ3) is 8.77. The summed E-state index contributed by atoms with van der Waals surface area (Å²) in [5, 5.41) is 0.0612. The van der Waals surface area contributed by atoms with E-state index in [1.165, 1.54) is 18.1 Å². The van der Waals surface area contributed by atoms with E-state index in [2.05, 4.69) is 0 Å². The van der Waals surface area contributed by atoms with Crippen LogP contribution in [0.4, 0.5) is 0 Å². The van der Waals surface area contributed by atoms with Crippen LogP contribution in [0, 0.1) is 0 Å². The van der Waals surface area contributed by atoms with Gasteiger partial charge in [-0.25, -0.2) is 0 Å². The first-order valence-electron chi connectivity index (χ1n) is 4.01. The number of hydrogen-bond donors (Lipinski definition) is 0. The van der Waals surface area contributed by atoms with Crippen LogP contribution in [0.2, 0.25) is 6.55 Å². The van der Waals surface area contributed by atoms with Crippen molar-refractivity contribution in [2.24, 2.45) is 0 Å². The summed E-state index contributed by atoms with van der Waals surface area (Å²) >= 11 is 1.21. The van der Waals surface area contributed by atoms with Crippen LogP contribution in [0.1, 0.15) is 22.2 Å². The zero-order valence-electron chi connectivity index (χ0n) is 10.0. The fourth-order valence-corrected chi connectivity index (χ4v) is 5.29. The van der Waals surface area contributed by atoms with Crippen LogP contribution in [-0.2, 0) is 13.6 Å². The number of rotatable bonds is 5. The van der Waals surface area contributed by atoms with Crippen molar-refractivity contribution in [1.29, 1.82) is 0 Å². The molecule has 0 aliphatic heterocycles. The molecule has 6 heteroatoms. The molecule has 0 rings (SSSR count). The Morgan fingerprint density at radius 1 is 1.38 bits per heavy atom. The van der Waals surface area contributed by atoms with Gasteiger partial charge in [-0.05, 0) is 20.4 Å². The fraction of sp³-hybridized carbons (Fsp3) is 0.857. The zero-order valence-corrected chi connectivity index (χ0v) is 14.0. The third-order valence-electron chi connectivity index (χ3n) is 1.14. The fourth-order valence-electron chi connectivity index (χ4n) is 0.886. The Balaban J connectivity index is -0.000000605. The average molecular weight is 248 g/mol. The van der Waals surface area contributed by atoms with E-state index in [0.717, 1.165) is 0 Å². The SMILES string of the molecule is CCO[Si](C)(OCC)SC(C)=O.[H-].[K+]. The van der Waals surface area contributed by atoms with Gasteiger partial charge in [0.05, 0.1) is 0 Å². The maximum Gasteiger partial charge on any atom is 1.00 e. The van der Waals surface area contributed by atoms with Crippen LogP contribution in [-0.4, -0.2) is 26.0 Å². The van der Waals surface area contributed by atoms with E-state index in [1.807, 2.05) is 20.4 Å². The van der Waals surface area contributed by atoms with Crippen molar-refractivity contribution in [2.75, 3.05) is 13.2 Å². The summed E-state index contributed by atoms with van der Waals surface area (Å²) in [5.74, 6) is 0. The molecule has 0 aromatic heterocycles. The second-order valence-corrected chi connectivity index (χ2v) is 8.24. The molecule has 3 nitrogen and oxygen atoms in total. The van der Waals surface area contributed by atoms with E-state index in [0.29, 0.717) is 13.2 Å². The van der Waals surface area contributed by atoms with Gasteiger partial charge >= 0.3 is 59.1 Å². The van der Waals surface area contributed by atoms with Gasteiger partial charge in [-0.2, -0.15) is 0 Å². The Hall–Kier alpha value is 1.79. The standard InChI is InChI=1S/C7H16O3SSi.K.H/c1-5-9-12(4,10-6-2)11-7(3)8;;/h5-6H2,1-4H3;;/q;+1;-1. The van der Waals surface area contributed by atoms with Gasteiger partial charge in [-0.1, -0.05) is 11.2 Å². The van der Waals surface area contributed by atoms with Gasteiger partial charge in [0.25, 0.3) is 0 Å². The smallest absolute Gasteiger partial charge is 1.00 e. The van der Waals surface area contributed by atoms with E-state index in [-0.39, 0.29) is 57.9 Å². The quantitative estimate of drug-likeness (QED) is 0.586. The predicted octanol–water partition coefficient (Wildman–Crippen LogP) is -0.976. The van der Waals surface area contributed by atoms with Crippen LogP contribution < -0.4 is 51.4 Å². The molecule has 0 radical (unpaired) electrons. The number of carbonyl (C=O) groups is 1. The second kappa shape index (κ2) is 9.05. The number of carbonyl (C=O) groups excluding carboxylic acids is 1. The topological polar surface area (TPSA) is 35.5 Å². The van der Waals surface area contributed by atoms with E-state index >= 15 is 0 Å². The molecule has 0 bridgehead atoms. The second-order valence-electron chi connectivity index (χ2n) is 2.32. The molecule has 0 fully saturated rings. The Morgan fingerprint density at radius 2 is 1.77 bits per heavy atom. The van der Waals surface area contributed by atoms with Gasteiger partial charge in [0.1, 0.15) is 0 Å². The zero-order chi connectivity index (χ0) is 9.61. The molecule has 0 saturated carbocycles. The van der Waals surface area contributed by atoms with Gasteiger partial charge < -0.3 is 10.3 Å². The number of hydrogen-bond acceptors (Lipinski definition) is 4. The minimum atomic E-state index is -2.25. The molecule has 0 heterocycles. The first-order valence-corrected chi connectivity index (χ1v) is 7.87. The third-order valence-corrected chi connectivity index (χ3v) is 6.11. The average Bonchev–Trinajstić information content (AvgIpc) is 1.85. The van der Waals surface area contributed by atoms with Crippen molar-refractivity contribution in [2.45, 2.75) is 27.3 Å². The van der Waals surface area contributed by atoms with Crippen LogP contribution in [0.5, 0.6) is 0 Å². The molecule has 74 valence electrons. The summed E-state index contributed by atoms with van der Waals surface area (Å²) in [6, 6.07) is 0. The summed E-state index contributed by atoms with van der Waals surface area (Å²) in [4.78, 5) is 10.8. The molecule has 0 spiro atoms. The Kier molecular flexibility index (Phi) is 12.0. The van der Waals surface area contributed by atoms with Gasteiger partial charge in [0.15, 0.2) is 5.12 Å². The summed E-state index contributed by atoms with van der Waals surface area (Å²) < 4.78 is 10.9. The van der Waals surface area contributed by atoms with Gasteiger partial charge in [0, 0.05) is 20.1 Å². The van der Waals surface area contributed by atoms with Crippen molar-refractivity contribution in [1.82, 2.24) is 0 Å². The molecule has 0 N–H and O–H groups in total. The van der Waals surface area contributed by atoms with Gasteiger partial charge in [-0.15, -0.1) is 0 Å². The van der Waals surface area contributed by atoms with Crippen LogP contribution in [0.15, 0.2) is 0 Å². The molecule has 0 aliphatic rings. The van der Waals surface area contributed by atoms with Gasteiger partial charge in [0.2, 0.25) is 0 Å². The summed E-state index contributed by atoms with van der Waals surface area (Å²) in [5.41, 5.74) is 0. The van der Waals surface area contributed by atoms with Crippen molar-refractivity contribution in [3.8, 4) is 0 Å². The Bertz CT molecular complexity index is 156. The molecular formula is C7H17KO3SSi. The van der Waals surface area contributed by atoms with Crippen LogP contribution >= 0.6 is 11.2 Å². The van der Waals surface area contributed by atoms with Crippen molar-refractivity contribution < 1.29 is 66.5 Å². The van der Waals surface area contributed by atoms with Crippen molar-refractivity contribution >= 4 is 24.0 Å². The van der Waals surface area contributed by atoms with E-state index in [9.17, 15) is 4.79 Å². The van der Waals surface area contributed by atoms with E-state index in [1.54, 1.807) is 0 Å². The van der Waals surface area contributed by atoms with Crippen LogP contribution in [0.25, 0.3) is 0 Å². The van der Waals surface area contributed by atoms with Gasteiger partial charge in [-0.3, -0.25) is 4.79 Å². The molecule has 0 saturated heterocycles. The normalized spacial score (nSPS) is 10.8. The minimum Gasteiger partial charge on any atom is -1.00 e.